The van der Waals surface area contributed by atoms with Gasteiger partial charge in [-0.15, -0.1) is 0 Å². The van der Waals surface area contributed by atoms with Crippen LogP contribution < -0.4 is 4.74 Å². The highest BCUT2D eigenvalue weighted by molar-refractivity contribution is 5.83. The quantitative estimate of drug-likeness (QED) is 0.524. The van der Waals surface area contributed by atoms with Crippen LogP contribution >= 0.6 is 0 Å². The lowest BCUT2D eigenvalue weighted by molar-refractivity contribution is -0.384. The summed E-state index contributed by atoms with van der Waals surface area (Å²) in [5.41, 5.74) is 2.39. The van der Waals surface area contributed by atoms with Crippen LogP contribution in [0.25, 0.3) is 22.5 Å². The summed E-state index contributed by atoms with van der Waals surface area (Å²) in [7, 11) is 1.60. The topological polar surface area (TPSA) is 65.5 Å². The van der Waals surface area contributed by atoms with Gasteiger partial charge in [0.1, 0.15) is 11.5 Å². The Bertz CT molecular complexity index is 823. The summed E-state index contributed by atoms with van der Waals surface area (Å²) in [5, 5.41) is 10.9. The molecular formula is C17H13NO4. The van der Waals surface area contributed by atoms with Gasteiger partial charge in [-0.3, -0.25) is 10.1 Å². The second-order valence-electron chi connectivity index (χ2n) is 4.67. The van der Waals surface area contributed by atoms with Crippen molar-refractivity contribution >= 4 is 5.69 Å². The Morgan fingerprint density at radius 2 is 1.86 bits per heavy atom. The van der Waals surface area contributed by atoms with Gasteiger partial charge < -0.3 is 9.15 Å². The van der Waals surface area contributed by atoms with Gasteiger partial charge >= 0.3 is 0 Å². The minimum atomic E-state index is -0.421. The number of para-hydroxylation sites is 1. The maximum Gasteiger partial charge on any atom is 0.270 e. The predicted octanol–water partition coefficient (Wildman–Crippen LogP) is 4.53. The Morgan fingerprint density at radius 1 is 1.05 bits per heavy atom. The summed E-state index contributed by atoms with van der Waals surface area (Å²) in [6.07, 6.45) is 1.57. The number of hydrogen-bond donors (Lipinski definition) is 0. The number of ether oxygens (including phenoxy) is 1. The predicted molar refractivity (Wildman–Crippen MR) is 82.8 cm³/mol. The molecule has 5 nitrogen and oxygen atoms in total. The number of non-ortho nitro benzene ring substituents is 1. The zero-order chi connectivity index (χ0) is 15.5. The average Bonchev–Trinajstić information content (AvgIpc) is 3.04. The van der Waals surface area contributed by atoms with E-state index in [9.17, 15) is 10.1 Å². The molecule has 0 radical (unpaired) electrons. The summed E-state index contributed by atoms with van der Waals surface area (Å²) < 4.78 is 10.9. The van der Waals surface area contributed by atoms with Crippen LogP contribution in [0, 0.1) is 10.1 Å². The van der Waals surface area contributed by atoms with Crippen molar-refractivity contribution in [3.8, 4) is 28.2 Å². The lowest BCUT2D eigenvalue weighted by atomic mass is 10.0. The largest absolute Gasteiger partial charge is 0.496 e. The molecule has 2 aromatic carbocycles. The minimum Gasteiger partial charge on any atom is -0.496 e. The molecule has 3 rings (SSSR count). The van der Waals surface area contributed by atoms with E-state index in [1.807, 2.05) is 30.3 Å². The second kappa shape index (κ2) is 5.73. The van der Waals surface area contributed by atoms with E-state index in [-0.39, 0.29) is 5.69 Å². The Kier molecular flexibility index (Phi) is 3.62. The minimum absolute atomic E-state index is 0.0277. The van der Waals surface area contributed by atoms with Gasteiger partial charge in [0, 0.05) is 28.8 Å². The van der Waals surface area contributed by atoms with Crippen LogP contribution in [0.15, 0.2) is 65.3 Å². The molecule has 22 heavy (non-hydrogen) atoms. The second-order valence-corrected chi connectivity index (χ2v) is 4.67. The highest BCUT2D eigenvalue weighted by Gasteiger charge is 2.16. The molecule has 110 valence electrons. The van der Waals surface area contributed by atoms with Crippen molar-refractivity contribution in [2.24, 2.45) is 0 Å². The molecule has 0 aliphatic heterocycles. The number of methoxy groups -OCH3 is 1. The molecule has 0 aliphatic rings. The van der Waals surface area contributed by atoms with Crippen LogP contribution in [0.1, 0.15) is 0 Å². The standard InChI is InChI=1S/C17H13NO4/c1-21-16-8-3-2-7-14(16)15-9-10-22-17(15)12-5-4-6-13(11-12)18(19)20/h2-11H,1H3. The molecule has 0 N–H and O–H groups in total. The van der Waals surface area contributed by atoms with Crippen molar-refractivity contribution in [2.75, 3.05) is 7.11 Å². The Balaban J connectivity index is 2.13. The molecule has 0 bridgehead atoms. The summed E-state index contributed by atoms with van der Waals surface area (Å²) >= 11 is 0. The third kappa shape index (κ3) is 2.44. The first kappa shape index (κ1) is 13.9. The normalized spacial score (nSPS) is 10.4. The summed E-state index contributed by atoms with van der Waals surface area (Å²) in [4.78, 5) is 10.5. The van der Waals surface area contributed by atoms with Crippen LogP contribution in [0.3, 0.4) is 0 Å². The first-order valence-corrected chi connectivity index (χ1v) is 6.66. The van der Waals surface area contributed by atoms with Gasteiger partial charge in [0.2, 0.25) is 0 Å². The molecule has 0 atom stereocenters. The third-order valence-corrected chi connectivity index (χ3v) is 3.38. The molecule has 0 unspecified atom stereocenters. The molecule has 3 aromatic rings. The number of nitro benzene ring substituents is 1. The molecule has 1 heterocycles. The number of nitro groups is 1. The SMILES string of the molecule is COc1ccccc1-c1ccoc1-c1cccc([N+](=O)[O-])c1. The van der Waals surface area contributed by atoms with E-state index in [4.69, 9.17) is 9.15 Å². The fraction of sp³-hybridized carbons (Fsp3) is 0.0588. The van der Waals surface area contributed by atoms with Crippen LogP contribution in [-0.4, -0.2) is 12.0 Å². The summed E-state index contributed by atoms with van der Waals surface area (Å²) in [6.45, 7) is 0. The number of furan rings is 1. The van der Waals surface area contributed by atoms with E-state index in [1.165, 1.54) is 12.1 Å². The Hall–Kier alpha value is -3.08. The van der Waals surface area contributed by atoms with E-state index in [1.54, 1.807) is 25.5 Å². The molecule has 0 fully saturated rings. The Morgan fingerprint density at radius 3 is 2.64 bits per heavy atom. The fourth-order valence-corrected chi connectivity index (χ4v) is 2.37. The van der Waals surface area contributed by atoms with Crippen molar-refractivity contribution < 1.29 is 14.1 Å². The first-order valence-electron chi connectivity index (χ1n) is 6.66. The van der Waals surface area contributed by atoms with Crippen molar-refractivity contribution in [1.82, 2.24) is 0 Å². The molecular weight excluding hydrogens is 282 g/mol. The van der Waals surface area contributed by atoms with Crippen LogP contribution in [0.4, 0.5) is 5.69 Å². The Labute approximate surface area is 126 Å². The number of nitrogens with zero attached hydrogens (tertiary/aromatic N) is 1. The maximum atomic E-state index is 10.9. The lowest BCUT2D eigenvalue weighted by Gasteiger charge is -2.08. The maximum absolute atomic E-state index is 10.9. The van der Waals surface area contributed by atoms with E-state index >= 15 is 0 Å². The van der Waals surface area contributed by atoms with E-state index < -0.39 is 4.92 Å². The molecule has 5 heteroatoms. The van der Waals surface area contributed by atoms with Crippen LogP contribution in [-0.2, 0) is 0 Å². The summed E-state index contributed by atoms with van der Waals surface area (Å²) in [5.74, 6) is 1.30. The molecule has 0 spiro atoms. The van der Waals surface area contributed by atoms with Gasteiger partial charge in [0.25, 0.3) is 5.69 Å². The molecule has 0 amide bonds. The number of hydrogen-bond acceptors (Lipinski definition) is 4. The monoisotopic (exact) mass is 295 g/mol. The van der Waals surface area contributed by atoms with E-state index in [0.717, 1.165) is 16.9 Å². The van der Waals surface area contributed by atoms with Gasteiger partial charge in [0.15, 0.2) is 0 Å². The zero-order valence-electron chi connectivity index (χ0n) is 11.9. The van der Waals surface area contributed by atoms with Crippen LogP contribution in [0.5, 0.6) is 5.75 Å². The van der Waals surface area contributed by atoms with Crippen molar-refractivity contribution in [1.29, 1.82) is 0 Å². The summed E-state index contributed by atoms with van der Waals surface area (Å²) in [6, 6.07) is 15.8. The van der Waals surface area contributed by atoms with E-state index in [0.29, 0.717) is 11.3 Å². The number of benzene rings is 2. The van der Waals surface area contributed by atoms with Gasteiger partial charge in [-0.2, -0.15) is 0 Å². The molecule has 0 saturated heterocycles. The van der Waals surface area contributed by atoms with Gasteiger partial charge in [0.05, 0.1) is 18.3 Å². The van der Waals surface area contributed by atoms with Crippen LogP contribution in [0.2, 0.25) is 0 Å². The van der Waals surface area contributed by atoms with Gasteiger partial charge in [-0.1, -0.05) is 30.3 Å². The smallest absolute Gasteiger partial charge is 0.270 e. The lowest BCUT2D eigenvalue weighted by Crippen LogP contribution is -1.89. The van der Waals surface area contributed by atoms with E-state index in [2.05, 4.69) is 0 Å². The third-order valence-electron chi connectivity index (χ3n) is 3.38. The highest BCUT2D eigenvalue weighted by atomic mass is 16.6. The average molecular weight is 295 g/mol. The molecule has 0 aliphatic carbocycles. The van der Waals surface area contributed by atoms with Crippen molar-refractivity contribution in [3.63, 3.8) is 0 Å². The number of rotatable bonds is 4. The van der Waals surface area contributed by atoms with Gasteiger partial charge in [-0.25, -0.2) is 0 Å². The molecule has 0 saturated carbocycles. The fourth-order valence-electron chi connectivity index (χ4n) is 2.37. The molecule has 1 aromatic heterocycles. The van der Waals surface area contributed by atoms with Crippen molar-refractivity contribution in [3.05, 3.63) is 71.0 Å². The first-order chi connectivity index (χ1) is 10.7. The van der Waals surface area contributed by atoms with Gasteiger partial charge in [-0.05, 0) is 12.1 Å². The van der Waals surface area contributed by atoms with Crippen molar-refractivity contribution in [2.45, 2.75) is 0 Å². The zero-order valence-corrected chi connectivity index (χ0v) is 11.9. The highest BCUT2D eigenvalue weighted by Crippen LogP contribution is 2.38.